The average Bonchev–Trinajstić information content (AvgIpc) is 2.46. The lowest BCUT2D eigenvalue weighted by atomic mass is 9.95. The van der Waals surface area contributed by atoms with Crippen molar-refractivity contribution in [3.05, 3.63) is 47.0 Å². The van der Waals surface area contributed by atoms with E-state index in [-0.39, 0.29) is 0 Å². The van der Waals surface area contributed by atoms with E-state index in [1.165, 1.54) is 12.8 Å². The topological polar surface area (TPSA) is 47.6 Å². The smallest absolute Gasteiger partial charge is 0.100 e. The summed E-state index contributed by atoms with van der Waals surface area (Å²) in [5.74, 6) is 0. The molecule has 0 fully saturated rings. The minimum Gasteiger partial charge on any atom is -0.192 e. The van der Waals surface area contributed by atoms with Gasteiger partial charge in [0, 0.05) is 0 Å². The van der Waals surface area contributed by atoms with Gasteiger partial charge >= 0.3 is 0 Å². The summed E-state index contributed by atoms with van der Waals surface area (Å²) < 4.78 is 0. The maximum atomic E-state index is 9.38. The first-order valence-electron chi connectivity index (χ1n) is 6.66. The maximum absolute atomic E-state index is 9.38. The number of nitrogens with zero attached hydrogens (tertiary/aromatic N) is 2. The Labute approximate surface area is 113 Å². The summed E-state index contributed by atoms with van der Waals surface area (Å²) >= 11 is 0. The molecule has 94 valence electrons. The van der Waals surface area contributed by atoms with Gasteiger partial charge in [-0.2, -0.15) is 10.5 Å². The van der Waals surface area contributed by atoms with Crippen LogP contribution in [0.1, 0.15) is 42.9 Å². The molecular weight excluding hydrogens is 232 g/mol. The molecule has 19 heavy (non-hydrogen) atoms. The Morgan fingerprint density at radius 1 is 1.00 bits per heavy atom. The minimum atomic E-state index is 0.634. The van der Waals surface area contributed by atoms with Crippen LogP contribution in [-0.2, 0) is 6.42 Å². The van der Waals surface area contributed by atoms with Gasteiger partial charge in [0.2, 0.25) is 0 Å². The van der Waals surface area contributed by atoms with Gasteiger partial charge in [-0.15, -0.1) is 0 Å². The van der Waals surface area contributed by atoms with E-state index in [9.17, 15) is 5.26 Å². The van der Waals surface area contributed by atoms with Gasteiger partial charge in [-0.1, -0.05) is 38.0 Å². The van der Waals surface area contributed by atoms with E-state index in [0.29, 0.717) is 5.56 Å². The highest BCUT2D eigenvalue weighted by molar-refractivity contribution is 5.90. The zero-order valence-corrected chi connectivity index (χ0v) is 11.1. The average molecular weight is 248 g/mol. The Hall–Kier alpha value is -2.32. The molecule has 2 aromatic carbocycles. The Kier molecular flexibility index (Phi) is 4.16. The van der Waals surface area contributed by atoms with Crippen molar-refractivity contribution in [2.24, 2.45) is 0 Å². The summed E-state index contributed by atoms with van der Waals surface area (Å²) in [5, 5.41) is 20.2. The zero-order valence-electron chi connectivity index (χ0n) is 11.1. The maximum Gasteiger partial charge on any atom is 0.100 e. The molecule has 2 rings (SSSR count). The summed E-state index contributed by atoms with van der Waals surface area (Å²) in [4.78, 5) is 0. The van der Waals surface area contributed by atoms with Crippen LogP contribution in [-0.4, -0.2) is 0 Å². The number of fused-ring (bicyclic) bond motifs is 1. The second-order valence-electron chi connectivity index (χ2n) is 4.72. The second-order valence-corrected chi connectivity index (χ2v) is 4.72. The highest BCUT2D eigenvalue weighted by Crippen LogP contribution is 2.24. The van der Waals surface area contributed by atoms with Crippen molar-refractivity contribution in [3.8, 4) is 12.1 Å². The van der Waals surface area contributed by atoms with Gasteiger partial charge in [-0.3, -0.25) is 0 Å². The van der Waals surface area contributed by atoms with Gasteiger partial charge in [0.1, 0.15) is 6.07 Å². The van der Waals surface area contributed by atoms with Crippen LogP contribution >= 0.6 is 0 Å². The van der Waals surface area contributed by atoms with Gasteiger partial charge in [-0.25, -0.2) is 0 Å². The first kappa shape index (κ1) is 13.1. The fourth-order valence-electron chi connectivity index (χ4n) is 2.35. The number of nitriles is 2. The van der Waals surface area contributed by atoms with E-state index in [2.05, 4.69) is 19.1 Å². The molecule has 0 spiro atoms. The van der Waals surface area contributed by atoms with E-state index in [1.54, 1.807) is 6.07 Å². The molecule has 2 nitrogen and oxygen atoms in total. The normalized spacial score (nSPS) is 10.1. The summed E-state index contributed by atoms with van der Waals surface area (Å²) in [7, 11) is 0. The summed E-state index contributed by atoms with van der Waals surface area (Å²) in [6.07, 6.45) is 4.44. The highest BCUT2D eigenvalue weighted by atomic mass is 14.3. The standard InChI is InChI=1S/C17H16N2/c1-2-3-4-5-14-7-8-15-10-13(11-18)6-9-16(15)17(14)12-19/h6-10H,2-5H2,1H3. The van der Waals surface area contributed by atoms with Crippen molar-refractivity contribution < 1.29 is 0 Å². The second kappa shape index (κ2) is 6.03. The fourth-order valence-corrected chi connectivity index (χ4v) is 2.35. The molecule has 0 unspecified atom stereocenters. The molecule has 0 radical (unpaired) electrons. The number of aryl methyl sites for hydroxylation is 1. The van der Waals surface area contributed by atoms with Crippen LogP contribution in [0.2, 0.25) is 0 Å². The van der Waals surface area contributed by atoms with E-state index in [4.69, 9.17) is 5.26 Å². The third-order valence-corrected chi connectivity index (χ3v) is 3.40. The molecule has 0 saturated carbocycles. The van der Waals surface area contributed by atoms with Crippen LogP contribution in [0.25, 0.3) is 10.8 Å². The molecule has 0 atom stereocenters. The van der Waals surface area contributed by atoms with Crippen molar-refractivity contribution in [1.82, 2.24) is 0 Å². The van der Waals surface area contributed by atoms with Crippen LogP contribution < -0.4 is 0 Å². The molecular formula is C17H16N2. The lowest BCUT2D eigenvalue weighted by Gasteiger charge is -2.07. The molecule has 0 aromatic heterocycles. The molecule has 0 saturated heterocycles. The third kappa shape index (κ3) is 2.75. The van der Waals surface area contributed by atoms with Crippen molar-refractivity contribution >= 4 is 10.8 Å². The van der Waals surface area contributed by atoms with E-state index in [1.807, 2.05) is 24.3 Å². The van der Waals surface area contributed by atoms with Gasteiger partial charge in [-0.05, 0) is 41.3 Å². The predicted molar refractivity (Wildman–Crippen MR) is 76.6 cm³/mol. The van der Waals surface area contributed by atoms with Crippen LogP contribution in [0, 0.1) is 22.7 Å². The molecule has 0 heterocycles. The van der Waals surface area contributed by atoms with Crippen molar-refractivity contribution in [1.29, 1.82) is 10.5 Å². The molecule has 0 aliphatic heterocycles. The molecule has 0 aliphatic carbocycles. The number of hydrogen-bond acceptors (Lipinski definition) is 2. The van der Waals surface area contributed by atoms with Crippen molar-refractivity contribution in [2.75, 3.05) is 0 Å². The summed E-state index contributed by atoms with van der Waals surface area (Å²) in [6.45, 7) is 2.18. The highest BCUT2D eigenvalue weighted by Gasteiger charge is 2.07. The van der Waals surface area contributed by atoms with Crippen LogP contribution in [0.3, 0.4) is 0 Å². The predicted octanol–water partition coefficient (Wildman–Crippen LogP) is 4.32. The number of rotatable bonds is 4. The SMILES string of the molecule is CCCCCc1ccc2cc(C#N)ccc2c1C#N. The third-order valence-electron chi connectivity index (χ3n) is 3.40. The zero-order chi connectivity index (χ0) is 13.7. The Morgan fingerprint density at radius 2 is 1.84 bits per heavy atom. The largest absolute Gasteiger partial charge is 0.192 e. The lowest BCUT2D eigenvalue weighted by molar-refractivity contribution is 0.717. The Morgan fingerprint density at radius 3 is 2.53 bits per heavy atom. The summed E-state index contributed by atoms with van der Waals surface area (Å²) in [6, 6.07) is 14.0. The monoisotopic (exact) mass is 248 g/mol. The first-order valence-corrected chi connectivity index (χ1v) is 6.66. The summed E-state index contributed by atoms with van der Waals surface area (Å²) in [5.41, 5.74) is 2.52. The molecule has 0 N–H and O–H groups in total. The van der Waals surface area contributed by atoms with Crippen molar-refractivity contribution in [2.45, 2.75) is 32.6 Å². The Bertz CT molecular complexity index is 672. The van der Waals surface area contributed by atoms with Gasteiger partial charge in [0.15, 0.2) is 0 Å². The molecule has 0 bridgehead atoms. The molecule has 2 aromatic rings. The van der Waals surface area contributed by atoms with Gasteiger partial charge < -0.3 is 0 Å². The lowest BCUT2D eigenvalue weighted by Crippen LogP contribution is -1.93. The number of benzene rings is 2. The molecule has 0 amide bonds. The minimum absolute atomic E-state index is 0.634. The van der Waals surface area contributed by atoms with Crippen molar-refractivity contribution in [3.63, 3.8) is 0 Å². The first-order chi connectivity index (χ1) is 9.30. The van der Waals surface area contributed by atoms with E-state index < -0.39 is 0 Å². The number of hydrogen-bond donors (Lipinski definition) is 0. The van der Waals surface area contributed by atoms with Gasteiger partial charge in [0.25, 0.3) is 0 Å². The van der Waals surface area contributed by atoms with Crippen LogP contribution in [0.4, 0.5) is 0 Å². The number of unbranched alkanes of at least 4 members (excludes halogenated alkanes) is 2. The van der Waals surface area contributed by atoms with E-state index in [0.717, 1.165) is 34.7 Å². The Balaban J connectivity index is 2.46. The molecule has 0 aliphatic rings. The van der Waals surface area contributed by atoms with E-state index >= 15 is 0 Å². The molecule has 2 heteroatoms. The van der Waals surface area contributed by atoms with Crippen LogP contribution in [0.15, 0.2) is 30.3 Å². The quantitative estimate of drug-likeness (QED) is 0.757. The van der Waals surface area contributed by atoms with Gasteiger partial charge in [0.05, 0.1) is 17.2 Å². The fraction of sp³-hybridized carbons (Fsp3) is 0.294. The van der Waals surface area contributed by atoms with Crippen LogP contribution in [0.5, 0.6) is 0 Å².